The van der Waals surface area contributed by atoms with Crippen molar-refractivity contribution in [2.24, 2.45) is 5.92 Å². The average Bonchev–Trinajstić information content (AvgIpc) is 2.50. The second-order valence-electron chi connectivity index (χ2n) is 5.06. The first-order chi connectivity index (χ1) is 10.6. The molecule has 0 aromatic heterocycles. The second kappa shape index (κ2) is 14.7. The van der Waals surface area contributed by atoms with Gasteiger partial charge in [-0.05, 0) is 12.0 Å². The Bertz CT molecular complexity index is 328. The number of nitrogens with one attached hydrogen (secondary N) is 1. The van der Waals surface area contributed by atoms with Gasteiger partial charge in [-0.25, -0.2) is 0 Å². The van der Waals surface area contributed by atoms with Crippen LogP contribution in [0.2, 0.25) is 0 Å². The number of amides is 1. The monoisotopic (exact) mass is 315 g/mol. The largest absolute Gasteiger partial charge is 0.377 e. The molecule has 0 aliphatic carbocycles. The SMILES string of the molecule is CCC(=O)COCCOCCOCCNC(=O)/C=C/C(C)C. The number of hydrogen-bond acceptors (Lipinski definition) is 5. The second-order valence-corrected chi connectivity index (χ2v) is 5.06. The predicted octanol–water partition coefficient (Wildman–Crippen LogP) is 1.34. The first-order valence-corrected chi connectivity index (χ1v) is 7.77. The van der Waals surface area contributed by atoms with E-state index in [0.717, 1.165) is 0 Å². The van der Waals surface area contributed by atoms with E-state index in [-0.39, 0.29) is 18.3 Å². The van der Waals surface area contributed by atoms with Gasteiger partial charge in [-0.1, -0.05) is 26.8 Å². The molecule has 0 unspecified atom stereocenters. The lowest BCUT2D eigenvalue weighted by Gasteiger charge is -2.07. The van der Waals surface area contributed by atoms with E-state index in [2.05, 4.69) is 5.32 Å². The van der Waals surface area contributed by atoms with Crippen molar-refractivity contribution in [3.8, 4) is 0 Å². The first kappa shape index (κ1) is 20.8. The van der Waals surface area contributed by atoms with E-state index in [1.54, 1.807) is 0 Å². The number of allylic oxidation sites excluding steroid dienone is 1. The van der Waals surface area contributed by atoms with Crippen molar-refractivity contribution in [1.29, 1.82) is 0 Å². The zero-order valence-electron chi connectivity index (χ0n) is 13.9. The van der Waals surface area contributed by atoms with Crippen LogP contribution in [0, 0.1) is 5.92 Å². The fourth-order valence-electron chi connectivity index (χ4n) is 1.31. The van der Waals surface area contributed by atoms with Crippen molar-refractivity contribution in [2.45, 2.75) is 27.2 Å². The van der Waals surface area contributed by atoms with E-state index in [1.807, 2.05) is 26.8 Å². The van der Waals surface area contributed by atoms with E-state index in [4.69, 9.17) is 14.2 Å². The summed E-state index contributed by atoms with van der Waals surface area (Å²) in [4.78, 5) is 22.3. The molecule has 0 saturated carbocycles. The van der Waals surface area contributed by atoms with Crippen LogP contribution in [0.1, 0.15) is 27.2 Å². The number of ketones is 1. The highest BCUT2D eigenvalue weighted by molar-refractivity contribution is 5.87. The Morgan fingerprint density at radius 2 is 1.59 bits per heavy atom. The van der Waals surface area contributed by atoms with Gasteiger partial charge >= 0.3 is 0 Å². The molecule has 0 fully saturated rings. The van der Waals surface area contributed by atoms with Gasteiger partial charge in [-0.2, -0.15) is 0 Å². The number of rotatable bonds is 14. The lowest BCUT2D eigenvalue weighted by Crippen LogP contribution is -2.26. The van der Waals surface area contributed by atoms with Crippen molar-refractivity contribution in [1.82, 2.24) is 5.32 Å². The molecule has 0 heterocycles. The zero-order valence-corrected chi connectivity index (χ0v) is 13.9. The van der Waals surface area contributed by atoms with E-state index in [9.17, 15) is 9.59 Å². The third kappa shape index (κ3) is 15.2. The highest BCUT2D eigenvalue weighted by Gasteiger charge is 1.98. The Kier molecular flexibility index (Phi) is 13.9. The Morgan fingerprint density at radius 1 is 1.00 bits per heavy atom. The first-order valence-electron chi connectivity index (χ1n) is 7.77. The minimum Gasteiger partial charge on any atom is -0.377 e. The Hall–Kier alpha value is -1.24. The smallest absolute Gasteiger partial charge is 0.243 e. The lowest BCUT2D eigenvalue weighted by atomic mass is 10.2. The molecule has 0 aromatic rings. The standard InChI is InChI=1S/C16H29NO5/c1-4-15(18)13-22-12-11-21-10-9-20-8-7-17-16(19)6-5-14(2)3/h5-6,14H,4,7-13H2,1-3H3,(H,17,19)/b6-5+. The van der Waals surface area contributed by atoms with Crippen molar-refractivity contribution in [3.05, 3.63) is 12.2 Å². The maximum Gasteiger partial charge on any atom is 0.243 e. The molecule has 0 spiro atoms. The molecule has 0 radical (unpaired) electrons. The molecule has 0 atom stereocenters. The fourth-order valence-corrected chi connectivity index (χ4v) is 1.31. The molecule has 0 bridgehead atoms. The van der Waals surface area contributed by atoms with E-state index in [0.29, 0.717) is 51.9 Å². The van der Waals surface area contributed by atoms with Gasteiger partial charge in [0.05, 0.1) is 33.0 Å². The third-order valence-electron chi connectivity index (χ3n) is 2.58. The summed E-state index contributed by atoms with van der Waals surface area (Å²) in [5.41, 5.74) is 0. The molecule has 1 amide bonds. The van der Waals surface area contributed by atoms with Crippen LogP contribution in [0.5, 0.6) is 0 Å². The number of carbonyl (C=O) groups excluding carboxylic acids is 2. The van der Waals surface area contributed by atoms with E-state index >= 15 is 0 Å². The fraction of sp³-hybridized carbons (Fsp3) is 0.750. The number of carbonyl (C=O) groups is 2. The van der Waals surface area contributed by atoms with Gasteiger partial charge in [-0.3, -0.25) is 9.59 Å². The summed E-state index contributed by atoms with van der Waals surface area (Å²) < 4.78 is 15.7. The molecule has 1 N–H and O–H groups in total. The molecular weight excluding hydrogens is 286 g/mol. The summed E-state index contributed by atoms with van der Waals surface area (Å²) in [5, 5.41) is 2.73. The topological polar surface area (TPSA) is 73.9 Å². The maximum absolute atomic E-state index is 11.3. The van der Waals surface area contributed by atoms with Gasteiger partial charge in [0.15, 0.2) is 5.78 Å². The van der Waals surface area contributed by atoms with Crippen molar-refractivity contribution < 1.29 is 23.8 Å². The lowest BCUT2D eigenvalue weighted by molar-refractivity contribution is -0.123. The van der Waals surface area contributed by atoms with Crippen LogP contribution in [-0.2, 0) is 23.8 Å². The Morgan fingerprint density at radius 3 is 2.18 bits per heavy atom. The number of Topliss-reactive ketones (excluding diaryl/α,β-unsaturated/α-hetero) is 1. The summed E-state index contributed by atoms with van der Waals surface area (Å²) in [5.74, 6) is 0.351. The van der Waals surface area contributed by atoms with Gasteiger partial charge in [0.1, 0.15) is 6.61 Å². The molecule has 0 rings (SSSR count). The molecule has 6 nitrogen and oxygen atoms in total. The Balaban J connectivity index is 3.24. The van der Waals surface area contributed by atoms with Crippen LogP contribution in [-0.4, -0.2) is 57.9 Å². The van der Waals surface area contributed by atoms with Gasteiger partial charge in [0.2, 0.25) is 5.91 Å². The molecule has 22 heavy (non-hydrogen) atoms. The van der Waals surface area contributed by atoms with Crippen molar-refractivity contribution in [2.75, 3.05) is 46.2 Å². The van der Waals surface area contributed by atoms with Gasteiger partial charge < -0.3 is 19.5 Å². The molecule has 0 saturated heterocycles. The zero-order chi connectivity index (χ0) is 16.6. The molecule has 0 aliphatic heterocycles. The maximum atomic E-state index is 11.3. The molecule has 6 heteroatoms. The summed E-state index contributed by atoms with van der Waals surface area (Å²) in [6.45, 7) is 8.69. The normalized spacial score (nSPS) is 11.3. The number of ether oxygens (including phenoxy) is 3. The summed E-state index contributed by atoms with van der Waals surface area (Å²) in [7, 11) is 0. The van der Waals surface area contributed by atoms with Crippen LogP contribution in [0.4, 0.5) is 0 Å². The molecular formula is C16H29NO5. The van der Waals surface area contributed by atoms with Crippen LogP contribution in [0.3, 0.4) is 0 Å². The van der Waals surface area contributed by atoms with E-state index < -0.39 is 0 Å². The average molecular weight is 315 g/mol. The van der Waals surface area contributed by atoms with Crippen LogP contribution >= 0.6 is 0 Å². The van der Waals surface area contributed by atoms with E-state index in [1.165, 1.54) is 6.08 Å². The molecule has 0 aliphatic rings. The van der Waals surface area contributed by atoms with Gasteiger partial charge in [0.25, 0.3) is 0 Å². The van der Waals surface area contributed by atoms with Crippen LogP contribution in [0.25, 0.3) is 0 Å². The van der Waals surface area contributed by atoms with Crippen molar-refractivity contribution in [3.63, 3.8) is 0 Å². The van der Waals surface area contributed by atoms with Crippen LogP contribution < -0.4 is 5.32 Å². The minimum absolute atomic E-state index is 0.0913. The highest BCUT2D eigenvalue weighted by Crippen LogP contribution is 1.92. The summed E-state index contributed by atoms with van der Waals surface area (Å²) in [6, 6.07) is 0. The van der Waals surface area contributed by atoms with Crippen LogP contribution in [0.15, 0.2) is 12.2 Å². The quantitative estimate of drug-likeness (QED) is 0.387. The van der Waals surface area contributed by atoms with Gasteiger partial charge in [0, 0.05) is 13.0 Å². The predicted molar refractivity (Wildman–Crippen MR) is 84.7 cm³/mol. The van der Waals surface area contributed by atoms with Gasteiger partial charge in [-0.15, -0.1) is 0 Å². The minimum atomic E-state index is -0.104. The van der Waals surface area contributed by atoms with Crippen molar-refractivity contribution >= 4 is 11.7 Å². The summed E-state index contributed by atoms with van der Waals surface area (Å²) >= 11 is 0. The Labute approximate surface area is 133 Å². The molecule has 128 valence electrons. The summed E-state index contributed by atoms with van der Waals surface area (Å²) in [6.07, 6.45) is 3.88. The highest BCUT2D eigenvalue weighted by atomic mass is 16.5. The molecule has 0 aromatic carbocycles. The number of hydrogen-bond donors (Lipinski definition) is 1. The third-order valence-corrected chi connectivity index (χ3v) is 2.58.